The molecule has 0 atom stereocenters. The molecule has 0 radical (unpaired) electrons. The Morgan fingerprint density at radius 2 is 1.81 bits per heavy atom. The highest BCUT2D eigenvalue weighted by molar-refractivity contribution is 14.1. The lowest BCUT2D eigenvalue weighted by Crippen LogP contribution is -2.31. The maximum Gasteiger partial charge on any atom is 0.266 e. The summed E-state index contributed by atoms with van der Waals surface area (Å²) in [7, 11) is -3.99. The van der Waals surface area contributed by atoms with E-state index in [1.807, 2.05) is 4.72 Å². The highest BCUT2D eigenvalue weighted by atomic mass is 127. The van der Waals surface area contributed by atoms with Crippen molar-refractivity contribution in [3.05, 3.63) is 63.0 Å². The number of hydrogen-bond acceptors (Lipinski definition) is 3. The van der Waals surface area contributed by atoms with Crippen molar-refractivity contribution in [2.75, 3.05) is 0 Å². The van der Waals surface area contributed by atoms with Gasteiger partial charge in [-0.2, -0.15) is 0 Å². The molecule has 0 aliphatic heterocycles. The molecule has 2 aromatic carbocycles. The number of carbonyl (C=O) groups excluding carboxylic acids is 1. The van der Waals surface area contributed by atoms with Gasteiger partial charge in [-0.05, 0) is 53.3 Å². The molecular formula is C14H11FINO3S. The summed E-state index contributed by atoms with van der Waals surface area (Å²) in [5.74, 6) is -1.43. The molecule has 0 unspecified atom stereocenters. The largest absolute Gasteiger partial charge is 0.268 e. The molecule has 0 bridgehead atoms. The molecule has 7 heteroatoms. The van der Waals surface area contributed by atoms with Gasteiger partial charge in [0.05, 0.1) is 14.0 Å². The van der Waals surface area contributed by atoms with Crippen molar-refractivity contribution in [2.45, 2.75) is 11.8 Å². The third-order valence-corrected chi connectivity index (χ3v) is 5.39. The maximum absolute atomic E-state index is 13.4. The van der Waals surface area contributed by atoms with Crippen LogP contribution in [0.15, 0.2) is 47.4 Å². The van der Waals surface area contributed by atoms with Crippen molar-refractivity contribution in [1.82, 2.24) is 4.72 Å². The van der Waals surface area contributed by atoms with Gasteiger partial charge in [-0.25, -0.2) is 17.5 Å². The van der Waals surface area contributed by atoms with Gasteiger partial charge >= 0.3 is 0 Å². The molecule has 2 aromatic rings. The summed E-state index contributed by atoms with van der Waals surface area (Å²) in [4.78, 5) is 12.1. The Bertz CT molecular complexity index is 806. The number of amides is 1. The average molecular weight is 419 g/mol. The van der Waals surface area contributed by atoms with Gasteiger partial charge in [0.15, 0.2) is 0 Å². The fourth-order valence-electron chi connectivity index (χ4n) is 1.77. The molecule has 0 aliphatic rings. The van der Waals surface area contributed by atoms with E-state index in [1.54, 1.807) is 47.7 Å². The Labute approximate surface area is 135 Å². The number of nitrogens with one attached hydrogen (secondary N) is 1. The van der Waals surface area contributed by atoms with Gasteiger partial charge in [0.1, 0.15) is 5.82 Å². The van der Waals surface area contributed by atoms with Crippen LogP contribution < -0.4 is 4.72 Å². The molecule has 0 spiro atoms. The van der Waals surface area contributed by atoms with E-state index in [2.05, 4.69) is 0 Å². The number of benzene rings is 2. The Hall–Kier alpha value is -1.48. The predicted molar refractivity (Wildman–Crippen MR) is 84.9 cm³/mol. The van der Waals surface area contributed by atoms with E-state index < -0.39 is 21.7 Å². The minimum Gasteiger partial charge on any atom is -0.268 e. The minimum atomic E-state index is -3.99. The van der Waals surface area contributed by atoms with E-state index >= 15 is 0 Å². The maximum atomic E-state index is 13.4. The van der Waals surface area contributed by atoms with Gasteiger partial charge in [0.2, 0.25) is 0 Å². The molecule has 4 nitrogen and oxygen atoms in total. The number of halogens is 2. The molecule has 0 saturated heterocycles. The fourth-order valence-corrected chi connectivity index (χ4v) is 3.59. The zero-order chi connectivity index (χ0) is 15.6. The quantitative estimate of drug-likeness (QED) is 0.779. The van der Waals surface area contributed by atoms with Crippen LogP contribution in [0.4, 0.5) is 4.39 Å². The van der Waals surface area contributed by atoms with Gasteiger partial charge in [0.25, 0.3) is 15.9 Å². The van der Waals surface area contributed by atoms with Crippen LogP contribution in [0.3, 0.4) is 0 Å². The normalized spacial score (nSPS) is 11.2. The highest BCUT2D eigenvalue weighted by Crippen LogP contribution is 2.18. The SMILES string of the molecule is Cc1ccccc1S(=O)(=O)NC(=O)c1cccc(F)c1I. The number of hydrogen-bond donors (Lipinski definition) is 1. The Morgan fingerprint density at radius 3 is 2.48 bits per heavy atom. The van der Waals surface area contributed by atoms with Crippen molar-refractivity contribution in [3.8, 4) is 0 Å². The third-order valence-electron chi connectivity index (χ3n) is 2.81. The first-order valence-electron chi connectivity index (χ1n) is 5.90. The zero-order valence-electron chi connectivity index (χ0n) is 10.9. The van der Waals surface area contributed by atoms with E-state index in [1.165, 1.54) is 24.3 Å². The van der Waals surface area contributed by atoms with Crippen molar-refractivity contribution < 1.29 is 17.6 Å². The second kappa shape index (κ2) is 6.10. The zero-order valence-corrected chi connectivity index (χ0v) is 13.9. The van der Waals surface area contributed by atoms with Crippen LogP contribution in [-0.2, 0) is 10.0 Å². The number of carbonyl (C=O) groups is 1. The fraction of sp³-hybridized carbons (Fsp3) is 0.0714. The molecule has 110 valence electrons. The van der Waals surface area contributed by atoms with Gasteiger partial charge in [-0.3, -0.25) is 4.79 Å². The van der Waals surface area contributed by atoms with Crippen LogP contribution in [0, 0.1) is 16.3 Å². The number of aryl methyl sites for hydroxylation is 1. The molecule has 21 heavy (non-hydrogen) atoms. The Balaban J connectivity index is 2.35. The second-order valence-electron chi connectivity index (χ2n) is 4.30. The van der Waals surface area contributed by atoms with Gasteiger partial charge in [-0.1, -0.05) is 24.3 Å². The van der Waals surface area contributed by atoms with Gasteiger partial charge in [0, 0.05) is 0 Å². The smallest absolute Gasteiger partial charge is 0.266 e. The summed E-state index contributed by atoms with van der Waals surface area (Å²) < 4.78 is 39.9. The second-order valence-corrected chi connectivity index (χ2v) is 7.03. The lowest BCUT2D eigenvalue weighted by Gasteiger charge is -2.10. The lowest BCUT2D eigenvalue weighted by molar-refractivity contribution is 0.0980. The van der Waals surface area contributed by atoms with E-state index in [0.29, 0.717) is 5.56 Å². The Morgan fingerprint density at radius 1 is 1.14 bits per heavy atom. The summed E-state index contributed by atoms with van der Waals surface area (Å²) in [5, 5.41) is 0. The number of sulfonamides is 1. The first-order chi connectivity index (χ1) is 9.83. The highest BCUT2D eigenvalue weighted by Gasteiger charge is 2.22. The van der Waals surface area contributed by atoms with Crippen LogP contribution in [0.2, 0.25) is 0 Å². The first-order valence-corrected chi connectivity index (χ1v) is 8.46. The number of rotatable bonds is 3. The minimum absolute atomic E-state index is 0.0183. The molecule has 0 heterocycles. The molecule has 1 amide bonds. The molecule has 2 rings (SSSR count). The summed E-state index contributed by atoms with van der Waals surface area (Å²) in [6.07, 6.45) is 0. The van der Waals surface area contributed by atoms with Crippen LogP contribution in [0.1, 0.15) is 15.9 Å². The summed E-state index contributed by atoms with van der Waals surface area (Å²) in [6, 6.07) is 10.2. The van der Waals surface area contributed by atoms with E-state index in [0.717, 1.165) is 0 Å². The molecule has 0 saturated carbocycles. The van der Waals surface area contributed by atoms with Gasteiger partial charge < -0.3 is 0 Å². The van der Waals surface area contributed by atoms with Crippen LogP contribution in [-0.4, -0.2) is 14.3 Å². The summed E-state index contributed by atoms with van der Waals surface area (Å²) in [5.41, 5.74) is 0.500. The van der Waals surface area contributed by atoms with Crippen LogP contribution >= 0.6 is 22.6 Å². The predicted octanol–water partition coefficient (Wildman–Crippen LogP) is 2.86. The lowest BCUT2D eigenvalue weighted by atomic mass is 10.2. The van der Waals surface area contributed by atoms with E-state index in [-0.39, 0.29) is 14.0 Å². The van der Waals surface area contributed by atoms with E-state index in [4.69, 9.17) is 0 Å². The molecule has 0 aliphatic carbocycles. The van der Waals surface area contributed by atoms with Crippen molar-refractivity contribution >= 4 is 38.5 Å². The molecule has 0 fully saturated rings. The average Bonchev–Trinajstić information content (AvgIpc) is 2.41. The van der Waals surface area contributed by atoms with Crippen LogP contribution in [0.25, 0.3) is 0 Å². The summed E-state index contributed by atoms with van der Waals surface area (Å²) in [6.45, 7) is 1.63. The first kappa shape index (κ1) is 15.9. The molecule has 1 N–H and O–H groups in total. The third kappa shape index (κ3) is 3.41. The molecule has 0 aromatic heterocycles. The van der Waals surface area contributed by atoms with Crippen molar-refractivity contribution in [3.63, 3.8) is 0 Å². The topological polar surface area (TPSA) is 63.2 Å². The molecular weight excluding hydrogens is 408 g/mol. The van der Waals surface area contributed by atoms with Crippen molar-refractivity contribution in [1.29, 1.82) is 0 Å². The monoisotopic (exact) mass is 419 g/mol. The van der Waals surface area contributed by atoms with Crippen LogP contribution in [0.5, 0.6) is 0 Å². The van der Waals surface area contributed by atoms with Crippen molar-refractivity contribution in [2.24, 2.45) is 0 Å². The standard InChI is InChI=1S/C14H11FINO3S/c1-9-5-2-3-8-12(9)21(19,20)17-14(18)10-6-4-7-11(15)13(10)16/h2-8H,1H3,(H,17,18). The Kier molecular flexibility index (Phi) is 4.62. The summed E-state index contributed by atoms with van der Waals surface area (Å²) >= 11 is 1.66. The van der Waals surface area contributed by atoms with E-state index in [9.17, 15) is 17.6 Å². The van der Waals surface area contributed by atoms with Gasteiger partial charge in [-0.15, -0.1) is 0 Å².